The van der Waals surface area contributed by atoms with Crippen LogP contribution in [0.2, 0.25) is 6.04 Å². The smallest absolute Gasteiger partial charge is 0.132 e. The quantitative estimate of drug-likeness (QED) is 0.512. The fourth-order valence-electron chi connectivity index (χ4n) is 1.01. The fraction of sp³-hybridized carbons (Fsp3) is 0.400. The van der Waals surface area contributed by atoms with E-state index in [0.717, 1.165) is 27.3 Å². The first-order chi connectivity index (χ1) is 6.77. The number of benzene rings is 1. The molecule has 0 aliphatic rings. The lowest BCUT2D eigenvalue weighted by Crippen LogP contribution is -1.99. The van der Waals surface area contributed by atoms with Crippen molar-refractivity contribution in [2.75, 3.05) is 6.61 Å². The third-order valence-corrected chi connectivity index (χ3v) is 3.00. The van der Waals surface area contributed by atoms with Gasteiger partial charge in [0.1, 0.15) is 5.75 Å². The van der Waals surface area contributed by atoms with Crippen molar-refractivity contribution in [3.05, 3.63) is 27.3 Å². The topological polar surface area (TPSA) is 29.5 Å². The zero-order valence-corrected chi connectivity index (χ0v) is 11.0. The molecular weight excluding hydrogens is 307 g/mol. The largest absolute Gasteiger partial charge is 0.492 e. The highest BCUT2D eigenvalue weighted by molar-refractivity contribution is 14.1. The summed E-state index contributed by atoms with van der Waals surface area (Å²) in [6.45, 7) is 0.764. The van der Waals surface area contributed by atoms with E-state index < -0.39 is 0 Å². The Labute approximate surface area is 101 Å². The summed E-state index contributed by atoms with van der Waals surface area (Å²) < 4.78 is 6.65. The fourth-order valence-corrected chi connectivity index (χ4v) is 1.65. The number of hydrogen-bond donors (Lipinski definition) is 1. The summed E-state index contributed by atoms with van der Waals surface area (Å²) in [5, 5.41) is 8.96. The molecule has 0 saturated carbocycles. The maximum absolute atomic E-state index is 8.96. The maximum atomic E-state index is 8.96. The highest BCUT2D eigenvalue weighted by Gasteiger charge is 2.01. The lowest BCUT2D eigenvalue weighted by molar-refractivity contribution is 0.279. The molecule has 0 aliphatic heterocycles. The van der Waals surface area contributed by atoms with E-state index in [1.54, 1.807) is 0 Å². The monoisotopic (exact) mass is 319 g/mol. The van der Waals surface area contributed by atoms with Crippen LogP contribution in [-0.2, 0) is 6.61 Å². The van der Waals surface area contributed by atoms with E-state index in [0.29, 0.717) is 6.61 Å². The summed E-state index contributed by atoms with van der Waals surface area (Å²) in [5.74, 6) is 0.859. The third-order valence-electron chi connectivity index (χ3n) is 1.76. The van der Waals surface area contributed by atoms with Gasteiger partial charge in [0.25, 0.3) is 0 Å². The number of rotatable bonds is 5. The van der Waals surface area contributed by atoms with Gasteiger partial charge in [0.2, 0.25) is 0 Å². The van der Waals surface area contributed by atoms with Crippen LogP contribution in [0.1, 0.15) is 12.0 Å². The van der Waals surface area contributed by atoms with Crippen molar-refractivity contribution in [2.24, 2.45) is 0 Å². The first kappa shape index (κ1) is 12.0. The van der Waals surface area contributed by atoms with Crippen molar-refractivity contribution in [1.82, 2.24) is 0 Å². The summed E-state index contributed by atoms with van der Waals surface area (Å²) in [5.41, 5.74) is 0.888. The highest BCUT2D eigenvalue weighted by atomic mass is 127. The van der Waals surface area contributed by atoms with Gasteiger partial charge in [0.05, 0.1) is 16.8 Å². The molecular formula is C10H12IO2Si. The molecule has 0 unspecified atom stereocenters. The first-order valence-corrected chi connectivity index (χ1v) is 6.23. The van der Waals surface area contributed by atoms with E-state index in [1.807, 2.05) is 18.2 Å². The molecule has 0 aromatic heterocycles. The lowest BCUT2D eigenvalue weighted by atomic mass is 10.2. The van der Waals surface area contributed by atoms with Gasteiger partial charge in [-0.25, -0.2) is 0 Å². The Bertz CT molecular complexity index is 291. The minimum Gasteiger partial charge on any atom is -0.492 e. The molecule has 1 N–H and O–H groups in total. The van der Waals surface area contributed by atoms with Crippen LogP contribution in [0, 0.1) is 3.57 Å². The molecule has 1 aromatic rings. The van der Waals surface area contributed by atoms with Crippen LogP contribution in [0.25, 0.3) is 0 Å². The zero-order chi connectivity index (χ0) is 10.4. The maximum Gasteiger partial charge on any atom is 0.132 e. The Morgan fingerprint density at radius 1 is 1.43 bits per heavy atom. The average Bonchev–Trinajstić information content (AvgIpc) is 2.21. The van der Waals surface area contributed by atoms with Crippen LogP contribution in [0.5, 0.6) is 5.75 Å². The number of ether oxygens (including phenoxy) is 1. The van der Waals surface area contributed by atoms with Gasteiger partial charge in [-0.2, -0.15) is 0 Å². The minimum absolute atomic E-state index is 0.0609. The van der Waals surface area contributed by atoms with Crippen LogP contribution in [0.15, 0.2) is 18.2 Å². The van der Waals surface area contributed by atoms with Crippen molar-refractivity contribution >= 4 is 32.8 Å². The van der Waals surface area contributed by atoms with E-state index >= 15 is 0 Å². The van der Waals surface area contributed by atoms with Crippen LogP contribution in [-0.4, -0.2) is 22.0 Å². The molecule has 75 valence electrons. The van der Waals surface area contributed by atoms with Gasteiger partial charge in [-0.3, -0.25) is 0 Å². The second-order valence-corrected chi connectivity index (χ2v) is 4.54. The molecule has 2 nitrogen and oxygen atoms in total. The Morgan fingerprint density at radius 3 is 2.86 bits per heavy atom. The second kappa shape index (κ2) is 6.42. The van der Waals surface area contributed by atoms with Crippen molar-refractivity contribution in [3.63, 3.8) is 0 Å². The number of hydrogen-bond acceptors (Lipinski definition) is 2. The molecule has 1 rings (SSSR count). The lowest BCUT2D eigenvalue weighted by Gasteiger charge is -2.08. The van der Waals surface area contributed by atoms with Crippen molar-refractivity contribution in [3.8, 4) is 5.75 Å². The normalized spacial score (nSPS) is 10.2. The molecule has 0 atom stereocenters. The van der Waals surface area contributed by atoms with Gasteiger partial charge in [-0.1, -0.05) is 12.1 Å². The summed E-state index contributed by atoms with van der Waals surface area (Å²) in [4.78, 5) is 0. The van der Waals surface area contributed by atoms with E-state index in [2.05, 4.69) is 32.8 Å². The van der Waals surface area contributed by atoms with E-state index in [9.17, 15) is 0 Å². The molecule has 4 heteroatoms. The van der Waals surface area contributed by atoms with Crippen LogP contribution >= 0.6 is 22.6 Å². The minimum atomic E-state index is 0.0609. The first-order valence-electron chi connectivity index (χ1n) is 4.44. The van der Waals surface area contributed by atoms with E-state index in [-0.39, 0.29) is 6.61 Å². The highest BCUT2D eigenvalue weighted by Crippen LogP contribution is 2.22. The van der Waals surface area contributed by atoms with Gasteiger partial charge < -0.3 is 9.84 Å². The second-order valence-electron chi connectivity index (χ2n) is 2.87. The van der Waals surface area contributed by atoms with Crippen LogP contribution in [0.4, 0.5) is 0 Å². The van der Waals surface area contributed by atoms with Gasteiger partial charge in [-0.15, -0.1) is 0 Å². The molecule has 0 saturated heterocycles. The summed E-state index contributed by atoms with van der Waals surface area (Å²) in [7, 11) is 3.39. The van der Waals surface area contributed by atoms with Gasteiger partial charge in [0, 0.05) is 10.2 Å². The molecule has 0 bridgehead atoms. The summed E-state index contributed by atoms with van der Waals surface area (Å²) >= 11 is 2.23. The van der Waals surface area contributed by atoms with Crippen LogP contribution in [0.3, 0.4) is 0 Å². The molecule has 0 fully saturated rings. The summed E-state index contributed by atoms with van der Waals surface area (Å²) in [6.07, 6.45) is 0.982. The Balaban J connectivity index is 2.64. The van der Waals surface area contributed by atoms with Crippen LogP contribution < -0.4 is 4.74 Å². The standard InChI is InChI=1S/C10H12IO2Si/c11-9-3-2-8(7-12)6-10(9)13-4-1-5-14/h2-3,6,12H,1,4-5,7H2. The number of halogens is 1. The van der Waals surface area contributed by atoms with Crippen molar-refractivity contribution < 1.29 is 9.84 Å². The Kier molecular flexibility index (Phi) is 5.50. The van der Waals surface area contributed by atoms with Gasteiger partial charge in [-0.05, 0) is 46.7 Å². The SMILES string of the molecule is OCc1ccc(I)c(OCCC[Si])c1. The molecule has 14 heavy (non-hydrogen) atoms. The van der Waals surface area contributed by atoms with E-state index in [4.69, 9.17) is 9.84 Å². The Morgan fingerprint density at radius 2 is 2.21 bits per heavy atom. The molecule has 0 spiro atoms. The molecule has 0 amide bonds. The van der Waals surface area contributed by atoms with Gasteiger partial charge >= 0.3 is 0 Å². The molecule has 3 radical (unpaired) electrons. The predicted molar refractivity (Wildman–Crippen MR) is 65.8 cm³/mol. The Hall–Kier alpha value is -0.0731. The molecule has 0 heterocycles. The predicted octanol–water partition coefficient (Wildman–Crippen LogP) is 2.14. The number of aliphatic hydroxyl groups excluding tert-OH is 1. The molecule has 1 aromatic carbocycles. The average molecular weight is 319 g/mol. The third kappa shape index (κ3) is 3.59. The van der Waals surface area contributed by atoms with Gasteiger partial charge in [0.15, 0.2) is 0 Å². The zero-order valence-electron chi connectivity index (χ0n) is 7.79. The molecule has 0 aliphatic carbocycles. The van der Waals surface area contributed by atoms with E-state index in [1.165, 1.54) is 0 Å². The van der Waals surface area contributed by atoms with Crippen molar-refractivity contribution in [1.29, 1.82) is 0 Å². The summed E-state index contributed by atoms with van der Waals surface area (Å²) in [6, 6.07) is 6.68. The number of aliphatic hydroxyl groups is 1. The van der Waals surface area contributed by atoms with Crippen molar-refractivity contribution in [2.45, 2.75) is 19.1 Å².